The predicted molar refractivity (Wildman–Crippen MR) is 57.8 cm³/mol. The molecular formula is C12H15NO2. The molecule has 1 unspecified atom stereocenters. The Kier molecular flexibility index (Phi) is 2.90. The molecule has 3 nitrogen and oxygen atoms in total. The molecule has 3 heteroatoms. The summed E-state index contributed by atoms with van der Waals surface area (Å²) in [6, 6.07) is 7.96. The molecule has 1 atom stereocenters. The Morgan fingerprint density at radius 1 is 1.40 bits per heavy atom. The van der Waals surface area contributed by atoms with Crippen molar-refractivity contribution in [2.75, 3.05) is 13.2 Å². The van der Waals surface area contributed by atoms with Crippen LogP contribution in [0.25, 0.3) is 0 Å². The van der Waals surface area contributed by atoms with Crippen molar-refractivity contribution in [2.24, 2.45) is 5.92 Å². The Labute approximate surface area is 89.4 Å². The molecule has 1 N–H and O–H groups in total. The number of carbonyl (C=O) groups excluding carboxylic acids is 1. The number of rotatable bonds is 3. The highest BCUT2D eigenvalue weighted by molar-refractivity contribution is 5.78. The predicted octanol–water partition coefficient (Wildman–Crippen LogP) is 1.51. The van der Waals surface area contributed by atoms with Crippen molar-refractivity contribution in [1.82, 2.24) is 5.32 Å². The van der Waals surface area contributed by atoms with E-state index >= 15 is 0 Å². The summed E-state index contributed by atoms with van der Waals surface area (Å²) in [7, 11) is 0. The molecule has 1 aromatic rings. The van der Waals surface area contributed by atoms with Crippen LogP contribution < -0.4 is 10.1 Å². The third-order valence-corrected chi connectivity index (χ3v) is 2.57. The number of carbonyl (C=O) groups is 1. The summed E-state index contributed by atoms with van der Waals surface area (Å²) >= 11 is 0. The van der Waals surface area contributed by atoms with Gasteiger partial charge in [-0.2, -0.15) is 0 Å². The smallest absolute Gasteiger partial charge is 0.220 e. The van der Waals surface area contributed by atoms with E-state index in [4.69, 9.17) is 4.74 Å². The van der Waals surface area contributed by atoms with Crippen molar-refractivity contribution in [2.45, 2.75) is 13.3 Å². The quantitative estimate of drug-likeness (QED) is 0.812. The number of hydrogen-bond donors (Lipinski definition) is 1. The number of hydrogen-bond acceptors (Lipinski definition) is 2. The zero-order valence-electron chi connectivity index (χ0n) is 8.82. The van der Waals surface area contributed by atoms with E-state index in [1.165, 1.54) is 5.56 Å². The Bertz CT molecular complexity index is 345. The highest BCUT2D eigenvalue weighted by atomic mass is 16.5. The number of benzene rings is 1. The Balaban J connectivity index is 1.83. The fourth-order valence-electron chi connectivity index (χ4n) is 1.63. The average Bonchev–Trinajstić information content (AvgIpc) is 2.64. The third-order valence-electron chi connectivity index (χ3n) is 2.57. The summed E-state index contributed by atoms with van der Waals surface area (Å²) in [4.78, 5) is 10.9. The lowest BCUT2D eigenvalue weighted by Gasteiger charge is -2.09. The van der Waals surface area contributed by atoms with E-state index in [-0.39, 0.29) is 5.91 Å². The van der Waals surface area contributed by atoms with Gasteiger partial charge in [-0.05, 0) is 19.1 Å². The van der Waals surface area contributed by atoms with Crippen LogP contribution in [-0.4, -0.2) is 19.1 Å². The SMILES string of the molecule is Cc1ccc(OCC2CNC(=O)C2)cc1. The van der Waals surface area contributed by atoms with Gasteiger partial charge in [-0.25, -0.2) is 0 Å². The number of amides is 1. The topological polar surface area (TPSA) is 38.3 Å². The molecule has 2 rings (SSSR count). The van der Waals surface area contributed by atoms with E-state index < -0.39 is 0 Å². The molecule has 1 heterocycles. The molecule has 1 aliphatic rings. The van der Waals surface area contributed by atoms with E-state index in [2.05, 4.69) is 5.32 Å². The summed E-state index contributed by atoms with van der Waals surface area (Å²) in [6.07, 6.45) is 0.589. The van der Waals surface area contributed by atoms with Crippen molar-refractivity contribution < 1.29 is 9.53 Å². The summed E-state index contributed by atoms with van der Waals surface area (Å²) in [5.74, 6) is 1.33. The van der Waals surface area contributed by atoms with Gasteiger partial charge in [-0.15, -0.1) is 0 Å². The van der Waals surface area contributed by atoms with Crippen LogP contribution in [0.3, 0.4) is 0 Å². The van der Waals surface area contributed by atoms with Gasteiger partial charge >= 0.3 is 0 Å². The van der Waals surface area contributed by atoms with Crippen LogP contribution in [0.4, 0.5) is 0 Å². The average molecular weight is 205 g/mol. The minimum absolute atomic E-state index is 0.132. The fourth-order valence-corrected chi connectivity index (χ4v) is 1.63. The molecule has 0 spiro atoms. The van der Waals surface area contributed by atoms with Crippen LogP contribution in [0.1, 0.15) is 12.0 Å². The largest absolute Gasteiger partial charge is 0.493 e. The molecule has 0 radical (unpaired) electrons. The summed E-state index contributed by atoms with van der Waals surface area (Å²) < 4.78 is 5.60. The van der Waals surface area contributed by atoms with E-state index in [1.54, 1.807) is 0 Å². The van der Waals surface area contributed by atoms with Crippen molar-refractivity contribution in [3.63, 3.8) is 0 Å². The van der Waals surface area contributed by atoms with Gasteiger partial charge in [0, 0.05) is 18.9 Å². The van der Waals surface area contributed by atoms with Crippen molar-refractivity contribution in [3.05, 3.63) is 29.8 Å². The first-order chi connectivity index (χ1) is 7.24. The number of nitrogens with one attached hydrogen (secondary N) is 1. The highest BCUT2D eigenvalue weighted by Gasteiger charge is 2.21. The fraction of sp³-hybridized carbons (Fsp3) is 0.417. The first-order valence-corrected chi connectivity index (χ1v) is 5.20. The van der Waals surface area contributed by atoms with Gasteiger partial charge in [0.2, 0.25) is 5.91 Å². The summed E-state index contributed by atoms with van der Waals surface area (Å²) in [5.41, 5.74) is 1.22. The summed E-state index contributed by atoms with van der Waals surface area (Å²) in [5, 5.41) is 2.80. The van der Waals surface area contributed by atoms with Gasteiger partial charge in [0.25, 0.3) is 0 Å². The Morgan fingerprint density at radius 3 is 2.73 bits per heavy atom. The molecule has 1 fully saturated rings. The van der Waals surface area contributed by atoms with Crippen molar-refractivity contribution in [3.8, 4) is 5.75 Å². The zero-order valence-corrected chi connectivity index (χ0v) is 8.82. The molecule has 0 bridgehead atoms. The van der Waals surface area contributed by atoms with Gasteiger partial charge < -0.3 is 10.1 Å². The van der Waals surface area contributed by atoms with Crippen LogP contribution in [0.2, 0.25) is 0 Å². The normalized spacial score (nSPS) is 20.1. The molecule has 0 saturated carbocycles. The molecule has 1 amide bonds. The van der Waals surface area contributed by atoms with Gasteiger partial charge in [0.15, 0.2) is 0 Å². The molecule has 0 aromatic heterocycles. The van der Waals surface area contributed by atoms with Gasteiger partial charge in [0.05, 0.1) is 6.61 Å². The van der Waals surface area contributed by atoms with E-state index in [1.807, 2.05) is 31.2 Å². The first-order valence-electron chi connectivity index (χ1n) is 5.20. The maximum absolute atomic E-state index is 10.9. The third kappa shape index (κ3) is 2.72. The van der Waals surface area contributed by atoms with Crippen LogP contribution in [0, 0.1) is 12.8 Å². The maximum Gasteiger partial charge on any atom is 0.220 e. The maximum atomic E-state index is 10.9. The molecule has 15 heavy (non-hydrogen) atoms. The second kappa shape index (κ2) is 4.34. The molecular weight excluding hydrogens is 190 g/mol. The molecule has 1 aliphatic heterocycles. The second-order valence-electron chi connectivity index (χ2n) is 4.00. The minimum atomic E-state index is 0.132. The van der Waals surface area contributed by atoms with Gasteiger partial charge in [0.1, 0.15) is 5.75 Å². The molecule has 1 aromatic carbocycles. The lowest BCUT2D eigenvalue weighted by atomic mass is 10.1. The zero-order chi connectivity index (χ0) is 10.7. The number of ether oxygens (including phenoxy) is 1. The molecule has 1 saturated heterocycles. The minimum Gasteiger partial charge on any atom is -0.493 e. The molecule has 80 valence electrons. The van der Waals surface area contributed by atoms with Gasteiger partial charge in [-0.1, -0.05) is 17.7 Å². The lowest BCUT2D eigenvalue weighted by Crippen LogP contribution is -2.16. The second-order valence-corrected chi connectivity index (χ2v) is 4.00. The van der Waals surface area contributed by atoms with Crippen molar-refractivity contribution >= 4 is 5.91 Å². The Hall–Kier alpha value is -1.51. The first kappa shape index (κ1) is 10.0. The van der Waals surface area contributed by atoms with E-state index in [0.29, 0.717) is 18.9 Å². The number of aryl methyl sites for hydroxylation is 1. The van der Waals surface area contributed by atoms with Crippen LogP contribution in [0.15, 0.2) is 24.3 Å². The standard InChI is InChI=1S/C12H15NO2/c1-9-2-4-11(5-3-9)15-8-10-6-12(14)13-7-10/h2-5,10H,6-8H2,1H3,(H,13,14). The van der Waals surface area contributed by atoms with Crippen molar-refractivity contribution in [1.29, 1.82) is 0 Å². The monoisotopic (exact) mass is 205 g/mol. The molecule has 0 aliphatic carbocycles. The van der Waals surface area contributed by atoms with Crippen LogP contribution in [-0.2, 0) is 4.79 Å². The van der Waals surface area contributed by atoms with Gasteiger partial charge in [-0.3, -0.25) is 4.79 Å². The Morgan fingerprint density at radius 2 is 2.13 bits per heavy atom. The lowest BCUT2D eigenvalue weighted by molar-refractivity contribution is -0.119. The van der Waals surface area contributed by atoms with Crippen LogP contribution in [0.5, 0.6) is 5.75 Å². The highest BCUT2D eigenvalue weighted by Crippen LogP contribution is 2.15. The van der Waals surface area contributed by atoms with E-state index in [9.17, 15) is 4.79 Å². The van der Waals surface area contributed by atoms with Crippen LogP contribution >= 0.6 is 0 Å². The van der Waals surface area contributed by atoms with E-state index in [0.717, 1.165) is 12.3 Å². The summed E-state index contributed by atoms with van der Waals surface area (Å²) in [6.45, 7) is 3.40.